The molecule has 3 aliphatic rings. The van der Waals surface area contributed by atoms with Crippen LogP contribution in [0, 0.1) is 0 Å². The summed E-state index contributed by atoms with van der Waals surface area (Å²) in [6, 6.07) is 8.86. The molecule has 0 amide bonds. The molecule has 2 aromatic rings. The first-order chi connectivity index (χ1) is 12.2. The second-order valence-electron chi connectivity index (χ2n) is 7.14. The maximum atomic E-state index is 6.60. The molecule has 2 aliphatic carbocycles. The van der Waals surface area contributed by atoms with Crippen LogP contribution in [-0.4, -0.2) is 17.3 Å². The molecule has 0 N–H and O–H groups in total. The van der Waals surface area contributed by atoms with E-state index in [0.29, 0.717) is 5.92 Å². The summed E-state index contributed by atoms with van der Waals surface area (Å²) in [7, 11) is 0. The first-order valence-electron chi connectivity index (χ1n) is 9.05. The predicted molar refractivity (Wildman–Crippen MR) is 111 cm³/mol. The third kappa shape index (κ3) is 2.42. The largest absolute Gasteiger partial charge is 0.277 e. The monoisotopic (exact) mass is 365 g/mol. The number of rotatable bonds is 1. The van der Waals surface area contributed by atoms with Gasteiger partial charge in [0.2, 0.25) is 0 Å². The van der Waals surface area contributed by atoms with Gasteiger partial charge >= 0.3 is 0 Å². The molecule has 126 valence electrons. The number of aliphatic imine (C=N–C) groups is 1. The second kappa shape index (κ2) is 6.03. The molecule has 0 saturated heterocycles. The van der Waals surface area contributed by atoms with Gasteiger partial charge in [0.25, 0.3) is 0 Å². The average Bonchev–Trinajstić information content (AvgIpc) is 3.15. The number of halogens is 1. The van der Waals surface area contributed by atoms with Crippen LogP contribution < -0.4 is 0 Å². The van der Waals surface area contributed by atoms with E-state index in [1.165, 1.54) is 46.7 Å². The van der Waals surface area contributed by atoms with Gasteiger partial charge in [-0.1, -0.05) is 54.4 Å². The lowest BCUT2D eigenvalue weighted by Crippen LogP contribution is -2.11. The van der Waals surface area contributed by atoms with Gasteiger partial charge in [-0.15, -0.1) is 11.8 Å². The molecular formula is C22H20ClNS. The molecule has 3 heteroatoms. The molecule has 0 aromatic heterocycles. The lowest BCUT2D eigenvalue weighted by atomic mass is 9.74. The fourth-order valence-corrected chi connectivity index (χ4v) is 5.78. The van der Waals surface area contributed by atoms with Crippen LogP contribution in [-0.2, 0) is 0 Å². The lowest BCUT2D eigenvalue weighted by Gasteiger charge is -2.30. The minimum atomic E-state index is 0.552. The van der Waals surface area contributed by atoms with E-state index in [9.17, 15) is 0 Å². The fourth-order valence-electron chi connectivity index (χ4n) is 4.55. The van der Waals surface area contributed by atoms with Crippen LogP contribution in [0.15, 0.2) is 47.0 Å². The number of allylic oxidation sites excluding steroid dienone is 4. The van der Waals surface area contributed by atoms with Crippen LogP contribution in [0.2, 0.25) is 5.02 Å². The van der Waals surface area contributed by atoms with E-state index in [1.54, 1.807) is 5.57 Å². The van der Waals surface area contributed by atoms with Crippen LogP contribution in [0.1, 0.15) is 48.8 Å². The van der Waals surface area contributed by atoms with Crippen molar-refractivity contribution in [3.05, 3.63) is 63.7 Å². The molecule has 1 heterocycles. The van der Waals surface area contributed by atoms with Crippen molar-refractivity contribution in [2.75, 3.05) is 12.3 Å². The number of fused-ring (bicyclic) bond motifs is 4. The van der Waals surface area contributed by atoms with Crippen molar-refractivity contribution < 1.29 is 0 Å². The summed E-state index contributed by atoms with van der Waals surface area (Å²) in [5.74, 6) is 1.61. The molecular weight excluding hydrogens is 346 g/mol. The van der Waals surface area contributed by atoms with Gasteiger partial charge < -0.3 is 0 Å². The Balaban J connectivity index is 1.81. The Morgan fingerprint density at radius 1 is 1.16 bits per heavy atom. The van der Waals surface area contributed by atoms with Crippen molar-refractivity contribution in [3.8, 4) is 0 Å². The minimum Gasteiger partial charge on any atom is -0.277 e. The van der Waals surface area contributed by atoms with Crippen LogP contribution >= 0.6 is 23.4 Å². The van der Waals surface area contributed by atoms with E-state index >= 15 is 0 Å². The Kier molecular flexibility index (Phi) is 3.79. The summed E-state index contributed by atoms with van der Waals surface area (Å²) in [5, 5.41) is 4.54. The predicted octanol–water partition coefficient (Wildman–Crippen LogP) is 6.60. The zero-order valence-corrected chi connectivity index (χ0v) is 15.9. The van der Waals surface area contributed by atoms with Crippen LogP contribution in [0.4, 0.5) is 0 Å². The van der Waals surface area contributed by atoms with Crippen molar-refractivity contribution in [3.63, 3.8) is 0 Å². The average molecular weight is 366 g/mol. The van der Waals surface area contributed by atoms with Gasteiger partial charge in [0.05, 0.1) is 10.1 Å². The summed E-state index contributed by atoms with van der Waals surface area (Å²) in [4.78, 5) is 4.69. The van der Waals surface area contributed by atoms with Gasteiger partial charge in [0.15, 0.2) is 0 Å². The van der Waals surface area contributed by atoms with E-state index in [-0.39, 0.29) is 0 Å². The van der Waals surface area contributed by atoms with E-state index < -0.39 is 0 Å². The third-order valence-electron chi connectivity index (χ3n) is 5.60. The van der Waals surface area contributed by atoms with Crippen molar-refractivity contribution >= 4 is 44.8 Å². The molecule has 0 saturated carbocycles. The third-order valence-corrected chi connectivity index (χ3v) is 6.91. The number of nitrogens with zero attached hydrogens (tertiary/aromatic N) is 1. The summed E-state index contributed by atoms with van der Waals surface area (Å²) in [6.07, 6.45) is 8.24. The van der Waals surface area contributed by atoms with Crippen LogP contribution in [0.5, 0.6) is 0 Å². The standard InChI is InChI=1S/C22H20ClNS/c1-13-12-14-4-2-3-5-15(14)16-6-7-18-17(20(13)16)8-9-19(23)21(18)22-24-10-11-25-22/h3,5-9,13H,2,4,10-12H2,1H3. The normalized spacial score (nSPS) is 22.2. The van der Waals surface area contributed by atoms with E-state index in [2.05, 4.69) is 48.3 Å². The highest BCUT2D eigenvalue weighted by Gasteiger charge is 2.27. The van der Waals surface area contributed by atoms with Gasteiger partial charge in [-0.25, -0.2) is 0 Å². The molecule has 0 spiro atoms. The van der Waals surface area contributed by atoms with Gasteiger partial charge in [0.1, 0.15) is 0 Å². The molecule has 1 nitrogen and oxygen atoms in total. The molecule has 1 aliphatic heterocycles. The molecule has 0 fully saturated rings. The molecule has 5 rings (SSSR count). The van der Waals surface area contributed by atoms with Crippen molar-refractivity contribution in [2.45, 2.75) is 32.1 Å². The van der Waals surface area contributed by atoms with Gasteiger partial charge in [0, 0.05) is 17.9 Å². The molecule has 1 unspecified atom stereocenters. The number of hydrogen-bond acceptors (Lipinski definition) is 2. The second-order valence-corrected chi connectivity index (χ2v) is 8.63. The van der Waals surface area contributed by atoms with Crippen molar-refractivity contribution in [2.24, 2.45) is 4.99 Å². The Bertz CT molecular complexity index is 983. The highest BCUT2D eigenvalue weighted by Crippen LogP contribution is 2.46. The van der Waals surface area contributed by atoms with Gasteiger partial charge in [-0.2, -0.15) is 0 Å². The minimum absolute atomic E-state index is 0.552. The summed E-state index contributed by atoms with van der Waals surface area (Å²) >= 11 is 8.42. The van der Waals surface area contributed by atoms with Crippen LogP contribution in [0.25, 0.3) is 16.3 Å². The van der Waals surface area contributed by atoms with E-state index in [4.69, 9.17) is 11.6 Å². The summed E-state index contributed by atoms with van der Waals surface area (Å²) in [5.41, 5.74) is 7.14. The zero-order chi connectivity index (χ0) is 17.0. The smallest absolute Gasteiger partial charge is 0.0999 e. The maximum Gasteiger partial charge on any atom is 0.0999 e. The molecule has 1 atom stereocenters. The molecule has 25 heavy (non-hydrogen) atoms. The number of thioether (sulfide) groups is 1. The first kappa shape index (κ1) is 15.7. The van der Waals surface area contributed by atoms with Gasteiger partial charge in [-0.05, 0) is 58.7 Å². The van der Waals surface area contributed by atoms with Crippen LogP contribution in [0.3, 0.4) is 0 Å². The molecule has 0 radical (unpaired) electrons. The van der Waals surface area contributed by atoms with Gasteiger partial charge in [-0.3, -0.25) is 4.99 Å². The first-order valence-corrected chi connectivity index (χ1v) is 10.4. The van der Waals surface area contributed by atoms with E-state index in [1.807, 2.05) is 11.8 Å². The maximum absolute atomic E-state index is 6.60. The number of hydrogen-bond donors (Lipinski definition) is 0. The van der Waals surface area contributed by atoms with Crippen molar-refractivity contribution in [1.29, 1.82) is 0 Å². The zero-order valence-electron chi connectivity index (χ0n) is 14.3. The molecule has 2 aromatic carbocycles. The summed E-state index contributed by atoms with van der Waals surface area (Å²) < 4.78 is 0. The summed E-state index contributed by atoms with van der Waals surface area (Å²) in [6.45, 7) is 3.27. The lowest BCUT2D eigenvalue weighted by molar-refractivity contribution is 0.710. The SMILES string of the molecule is CC1CC2=C(C=CCC2)c2ccc3c(C4=NCCS4)c(Cl)ccc3c21. The highest BCUT2D eigenvalue weighted by atomic mass is 35.5. The fraction of sp³-hybridized carbons (Fsp3) is 0.318. The Morgan fingerprint density at radius 2 is 2.04 bits per heavy atom. The topological polar surface area (TPSA) is 12.4 Å². The quantitative estimate of drug-likeness (QED) is 0.554. The molecule has 0 bridgehead atoms. The van der Waals surface area contributed by atoms with Crippen molar-refractivity contribution in [1.82, 2.24) is 0 Å². The number of benzene rings is 2. The Hall–Kier alpha value is -1.51. The van der Waals surface area contributed by atoms with E-state index in [0.717, 1.165) is 27.9 Å². The Labute approximate surface area is 157 Å². The Morgan fingerprint density at radius 3 is 2.88 bits per heavy atom. The highest BCUT2D eigenvalue weighted by molar-refractivity contribution is 8.14.